The van der Waals surface area contributed by atoms with Gasteiger partial charge in [-0.2, -0.15) is 5.10 Å². The zero-order valence-corrected chi connectivity index (χ0v) is 17.6. The average molecular weight is 428 g/mol. The summed E-state index contributed by atoms with van der Waals surface area (Å²) in [6.45, 7) is 4.07. The third kappa shape index (κ3) is 4.17. The van der Waals surface area contributed by atoms with Crippen LogP contribution in [0.25, 0.3) is 22.2 Å². The zero-order valence-electron chi connectivity index (χ0n) is 17.6. The van der Waals surface area contributed by atoms with Crippen LogP contribution in [0.4, 0.5) is 0 Å². The van der Waals surface area contributed by atoms with Gasteiger partial charge in [-0.3, -0.25) is 19.5 Å². The molecule has 0 atom stereocenters. The molecule has 1 saturated heterocycles. The number of carbonyl (C=O) groups excluding carboxylic acids is 1. The van der Waals surface area contributed by atoms with Crippen LogP contribution in [0, 0.1) is 0 Å². The highest BCUT2D eigenvalue weighted by Gasteiger charge is 2.23. The molecule has 4 heterocycles. The van der Waals surface area contributed by atoms with Crippen LogP contribution in [0.15, 0.2) is 71.8 Å². The number of nitrogens with one attached hydrogen (secondary N) is 1. The molecule has 1 fully saturated rings. The van der Waals surface area contributed by atoms with Crippen molar-refractivity contribution in [3.63, 3.8) is 0 Å². The number of para-hydroxylation sites is 1. The van der Waals surface area contributed by atoms with E-state index >= 15 is 0 Å². The largest absolute Gasteiger partial charge is 0.351 e. The number of aromatic amines is 1. The first kappa shape index (κ1) is 20.1. The predicted octanol–water partition coefficient (Wildman–Crippen LogP) is 2.24. The van der Waals surface area contributed by atoms with E-state index in [0.717, 1.165) is 35.2 Å². The highest BCUT2D eigenvalue weighted by Crippen LogP contribution is 2.17. The molecule has 8 nitrogen and oxygen atoms in total. The van der Waals surface area contributed by atoms with Gasteiger partial charge in [-0.25, -0.2) is 4.68 Å². The van der Waals surface area contributed by atoms with Crippen LogP contribution in [0.5, 0.6) is 0 Å². The van der Waals surface area contributed by atoms with E-state index in [9.17, 15) is 9.59 Å². The number of fused-ring (bicyclic) bond motifs is 1. The lowest BCUT2D eigenvalue weighted by Gasteiger charge is -2.34. The van der Waals surface area contributed by atoms with Crippen molar-refractivity contribution in [2.45, 2.75) is 6.54 Å². The van der Waals surface area contributed by atoms with Gasteiger partial charge in [0.25, 0.3) is 11.5 Å². The summed E-state index contributed by atoms with van der Waals surface area (Å²) in [6, 6.07) is 16.9. The predicted molar refractivity (Wildman–Crippen MR) is 122 cm³/mol. The van der Waals surface area contributed by atoms with Gasteiger partial charge < -0.3 is 9.88 Å². The minimum absolute atomic E-state index is 0.0313. The van der Waals surface area contributed by atoms with Crippen molar-refractivity contribution in [3.05, 3.63) is 83.0 Å². The molecule has 4 aromatic rings. The number of hydrogen-bond donors (Lipinski definition) is 1. The minimum atomic E-state index is -0.115. The molecule has 1 aliphatic rings. The molecule has 5 rings (SSSR count). The number of pyridine rings is 1. The van der Waals surface area contributed by atoms with Crippen LogP contribution in [0.3, 0.4) is 0 Å². The summed E-state index contributed by atoms with van der Waals surface area (Å²) < 4.78 is 1.51. The molecular formula is C24H24N6O2. The summed E-state index contributed by atoms with van der Waals surface area (Å²) in [6.07, 6.45) is 3.42. The fourth-order valence-corrected chi connectivity index (χ4v) is 4.06. The van der Waals surface area contributed by atoms with Gasteiger partial charge in [-0.15, -0.1) is 0 Å². The number of amides is 1. The molecule has 0 unspecified atom stereocenters. The van der Waals surface area contributed by atoms with E-state index in [1.54, 1.807) is 24.5 Å². The molecule has 3 aromatic heterocycles. The SMILES string of the molecule is O=C(c1cc2ccccc2[nH]1)N1CCN(CCn2nc(-c3ccncc3)ccc2=O)CC1. The molecule has 1 aliphatic heterocycles. The molecule has 32 heavy (non-hydrogen) atoms. The van der Waals surface area contributed by atoms with Crippen molar-refractivity contribution >= 4 is 16.8 Å². The Morgan fingerprint density at radius 2 is 1.72 bits per heavy atom. The lowest BCUT2D eigenvalue weighted by Crippen LogP contribution is -2.49. The quantitative estimate of drug-likeness (QED) is 0.527. The number of hydrogen-bond acceptors (Lipinski definition) is 5. The standard InChI is InChI=1S/C24H24N6O2/c31-23-6-5-21(18-7-9-25-10-8-18)27-30(23)16-13-28-11-14-29(15-12-28)24(32)22-17-19-3-1-2-4-20(19)26-22/h1-10,17,26H,11-16H2. The second kappa shape index (κ2) is 8.76. The summed E-state index contributed by atoms with van der Waals surface area (Å²) in [5.74, 6) is 0.0313. The van der Waals surface area contributed by atoms with E-state index in [1.165, 1.54) is 4.68 Å². The molecule has 0 spiro atoms. The number of H-pyrrole nitrogens is 1. The Bertz CT molecular complexity index is 1260. The van der Waals surface area contributed by atoms with Crippen LogP contribution >= 0.6 is 0 Å². The Labute approximate surface area is 185 Å². The van der Waals surface area contributed by atoms with Crippen LogP contribution in [-0.4, -0.2) is 68.2 Å². The van der Waals surface area contributed by atoms with Crippen LogP contribution in [-0.2, 0) is 6.54 Å². The van der Waals surface area contributed by atoms with Crippen LogP contribution in [0.2, 0.25) is 0 Å². The van der Waals surface area contributed by atoms with Crippen molar-refractivity contribution in [2.24, 2.45) is 0 Å². The Morgan fingerprint density at radius 3 is 2.50 bits per heavy atom. The van der Waals surface area contributed by atoms with E-state index in [0.29, 0.717) is 31.9 Å². The van der Waals surface area contributed by atoms with E-state index < -0.39 is 0 Å². The van der Waals surface area contributed by atoms with Gasteiger partial charge in [0, 0.05) is 67.7 Å². The number of carbonyl (C=O) groups is 1. The second-order valence-corrected chi connectivity index (χ2v) is 7.92. The normalized spacial score (nSPS) is 14.7. The summed E-state index contributed by atoms with van der Waals surface area (Å²) in [4.78, 5) is 36.5. The van der Waals surface area contributed by atoms with E-state index in [2.05, 4.69) is 20.0 Å². The fourth-order valence-electron chi connectivity index (χ4n) is 4.06. The third-order valence-corrected chi connectivity index (χ3v) is 5.89. The number of rotatable bonds is 5. The first-order valence-corrected chi connectivity index (χ1v) is 10.8. The third-order valence-electron chi connectivity index (χ3n) is 5.89. The monoisotopic (exact) mass is 428 g/mol. The number of aromatic nitrogens is 4. The molecule has 1 N–H and O–H groups in total. The topological polar surface area (TPSA) is 87.1 Å². The Balaban J connectivity index is 1.18. The summed E-state index contributed by atoms with van der Waals surface area (Å²) in [7, 11) is 0. The van der Waals surface area contributed by atoms with Crippen molar-refractivity contribution in [2.75, 3.05) is 32.7 Å². The summed E-state index contributed by atoms with van der Waals surface area (Å²) in [5.41, 5.74) is 3.17. The number of benzene rings is 1. The van der Waals surface area contributed by atoms with E-state index in [-0.39, 0.29) is 11.5 Å². The van der Waals surface area contributed by atoms with Gasteiger partial charge in [-0.05, 0) is 30.3 Å². The van der Waals surface area contributed by atoms with E-state index in [4.69, 9.17) is 0 Å². The Morgan fingerprint density at radius 1 is 0.938 bits per heavy atom. The average Bonchev–Trinajstić information content (AvgIpc) is 3.28. The van der Waals surface area contributed by atoms with E-state index in [1.807, 2.05) is 47.4 Å². The molecule has 162 valence electrons. The van der Waals surface area contributed by atoms with Crippen molar-refractivity contribution in [3.8, 4) is 11.3 Å². The van der Waals surface area contributed by atoms with Crippen molar-refractivity contribution in [1.29, 1.82) is 0 Å². The number of nitrogens with zero attached hydrogens (tertiary/aromatic N) is 5. The van der Waals surface area contributed by atoms with Gasteiger partial charge >= 0.3 is 0 Å². The molecular weight excluding hydrogens is 404 g/mol. The Kier molecular flexibility index (Phi) is 5.51. The highest BCUT2D eigenvalue weighted by molar-refractivity contribution is 5.98. The molecule has 0 aliphatic carbocycles. The first-order valence-electron chi connectivity index (χ1n) is 10.8. The smallest absolute Gasteiger partial charge is 0.270 e. The first-order chi connectivity index (χ1) is 15.7. The molecule has 0 saturated carbocycles. The minimum Gasteiger partial charge on any atom is -0.351 e. The van der Waals surface area contributed by atoms with Gasteiger partial charge in [0.1, 0.15) is 5.69 Å². The van der Waals surface area contributed by atoms with Crippen molar-refractivity contribution in [1.82, 2.24) is 29.5 Å². The maximum Gasteiger partial charge on any atom is 0.270 e. The van der Waals surface area contributed by atoms with Crippen LogP contribution in [0.1, 0.15) is 10.5 Å². The fraction of sp³-hybridized carbons (Fsp3) is 0.250. The lowest BCUT2D eigenvalue weighted by atomic mass is 10.2. The summed E-state index contributed by atoms with van der Waals surface area (Å²) in [5, 5.41) is 5.55. The maximum absolute atomic E-state index is 12.9. The van der Waals surface area contributed by atoms with Gasteiger partial charge in [-0.1, -0.05) is 18.2 Å². The number of piperazine rings is 1. The van der Waals surface area contributed by atoms with Gasteiger partial charge in [0.05, 0.1) is 12.2 Å². The highest BCUT2D eigenvalue weighted by atomic mass is 16.2. The molecule has 0 bridgehead atoms. The second-order valence-electron chi connectivity index (χ2n) is 7.92. The molecule has 1 amide bonds. The summed E-state index contributed by atoms with van der Waals surface area (Å²) >= 11 is 0. The molecule has 0 radical (unpaired) electrons. The zero-order chi connectivity index (χ0) is 21.9. The van der Waals surface area contributed by atoms with Gasteiger partial charge in [0.2, 0.25) is 0 Å². The Hall–Kier alpha value is -3.78. The maximum atomic E-state index is 12.9. The molecule has 1 aromatic carbocycles. The van der Waals surface area contributed by atoms with Crippen LogP contribution < -0.4 is 5.56 Å². The lowest BCUT2D eigenvalue weighted by molar-refractivity contribution is 0.0626. The van der Waals surface area contributed by atoms with Gasteiger partial charge in [0.15, 0.2) is 0 Å². The molecule has 8 heteroatoms. The van der Waals surface area contributed by atoms with Crippen molar-refractivity contribution < 1.29 is 4.79 Å².